The lowest BCUT2D eigenvalue weighted by Crippen LogP contribution is -2.18. The van der Waals surface area contributed by atoms with E-state index >= 15 is 0 Å². The van der Waals surface area contributed by atoms with Crippen molar-refractivity contribution in [1.82, 2.24) is 4.98 Å². The van der Waals surface area contributed by atoms with Gasteiger partial charge >= 0.3 is 6.18 Å². The highest BCUT2D eigenvalue weighted by Gasteiger charge is 2.47. The number of carbonyl (C=O) groups is 1. The summed E-state index contributed by atoms with van der Waals surface area (Å²) in [7, 11) is 0. The van der Waals surface area contributed by atoms with Gasteiger partial charge in [-0.05, 0) is 11.6 Å². The van der Waals surface area contributed by atoms with Crippen LogP contribution in [0.2, 0.25) is 0 Å². The van der Waals surface area contributed by atoms with E-state index in [1.807, 2.05) is 0 Å². The molecule has 1 heterocycles. The maximum Gasteiger partial charge on any atom is 0.420 e. The number of Topliss-reactive ketones (excluding diaryl/α,β-unsaturated/α-hetero) is 1. The summed E-state index contributed by atoms with van der Waals surface area (Å²) in [5.41, 5.74) is 0.0433. The minimum Gasteiger partial charge on any atom is -0.289 e. The molecule has 4 rings (SSSR count). The topological polar surface area (TPSA) is 30.0 Å². The maximum absolute atomic E-state index is 13.6. The van der Waals surface area contributed by atoms with Gasteiger partial charge in [-0.2, -0.15) is 13.2 Å². The Labute approximate surface area is 135 Å². The summed E-state index contributed by atoms with van der Waals surface area (Å²) in [6.45, 7) is 0. The van der Waals surface area contributed by atoms with Crippen LogP contribution in [-0.4, -0.2) is 16.9 Å². The first-order valence-corrected chi connectivity index (χ1v) is 7.28. The van der Waals surface area contributed by atoms with Crippen molar-refractivity contribution in [3.63, 3.8) is 0 Å². The third-order valence-corrected chi connectivity index (χ3v) is 4.09. The van der Waals surface area contributed by atoms with Crippen LogP contribution in [0, 0.1) is 0 Å². The fourth-order valence-electron chi connectivity index (χ4n) is 3.12. The predicted molar refractivity (Wildman–Crippen MR) is 84.6 cm³/mol. The lowest BCUT2D eigenvalue weighted by atomic mass is 9.95. The van der Waals surface area contributed by atoms with Gasteiger partial charge in [0.15, 0.2) is 0 Å². The number of benzene rings is 2. The number of allylic oxidation sites excluding steroid dienone is 1. The number of halogens is 3. The van der Waals surface area contributed by atoms with Gasteiger partial charge in [0.05, 0.1) is 5.52 Å². The summed E-state index contributed by atoms with van der Waals surface area (Å²) in [6, 6.07) is 15.1. The Kier molecular flexibility index (Phi) is 3.06. The van der Waals surface area contributed by atoms with Crippen LogP contribution < -0.4 is 0 Å². The van der Waals surface area contributed by atoms with E-state index in [0.717, 1.165) is 0 Å². The molecule has 0 saturated heterocycles. The number of aromatic nitrogens is 1. The number of fused-ring (bicyclic) bond motifs is 3. The third-order valence-electron chi connectivity index (χ3n) is 4.09. The Bertz CT molecular complexity index is 1000. The van der Waals surface area contributed by atoms with Crippen LogP contribution in [0.3, 0.4) is 0 Å². The van der Waals surface area contributed by atoms with E-state index in [4.69, 9.17) is 0 Å². The molecule has 1 aliphatic carbocycles. The zero-order valence-corrected chi connectivity index (χ0v) is 12.3. The highest BCUT2D eigenvalue weighted by atomic mass is 19.4. The van der Waals surface area contributed by atoms with Crippen molar-refractivity contribution in [2.45, 2.75) is 6.18 Å². The van der Waals surface area contributed by atoms with E-state index in [1.165, 1.54) is 6.20 Å². The van der Waals surface area contributed by atoms with Gasteiger partial charge in [-0.3, -0.25) is 9.78 Å². The van der Waals surface area contributed by atoms with Crippen LogP contribution in [0.4, 0.5) is 13.2 Å². The van der Waals surface area contributed by atoms with E-state index in [0.29, 0.717) is 22.0 Å². The van der Waals surface area contributed by atoms with Gasteiger partial charge < -0.3 is 0 Å². The van der Waals surface area contributed by atoms with E-state index in [1.54, 1.807) is 54.6 Å². The Morgan fingerprint density at radius 3 is 2.25 bits per heavy atom. The largest absolute Gasteiger partial charge is 0.420 e. The lowest BCUT2D eigenvalue weighted by Gasteiger charge is -2.12. The fourth-order valence-corrected chi connectivity index (χ4v) is 3.12. The number of hydrogen-bond donors (Lipinski definition) is 0. The van der Waals surface area contributed by atoms with Crippen molar-refractivity contribution in [2.24, 2.45) is 0 Å². The van der Waals surface area contributed by atoms with Crippen molar-refractivity contribution in [3.05, 3.63) is 83.1 Å². The summed E-state index contributed by atoms with van der Waals surface area (Å²) >= 11 is 0. The Morgan fingerprint density at radius 1 is 0.875 bits per heavy atom. The molecule has 3 aromatic rings. The summed E-state index contributed by atoms with van der Waals surface area (Å²) < 4.78 is 40.8. The van der Waals surface area contributed by atoms with Crippen LogP contribution in [0.1, 0.15) is 21.5 Å². The molecule has 2 nitrogen and oxygen atoms in total. The number of pyridine rings is 1. The fraction of sp³-hybridized carbons (Fsp3) is 0.0526. The predicted octanol–water partition coefficient (Wildman–Crippen LogP) is 4.80. The molecule has 0 spiro atoms. The SMILES string of the molecule is O=C1C(C(F)(F)F)=C(c2ccccc2)c2c1cnc1ccccc21. The number of rotatable bonds is 1. The molecular formula is C19H10F3NO. The first-order valence-electron chi connectivity index (χ1n) is 7.28. The Balaban J connectivity index is 2.16. The number of ketones is 1. The molecule has 0 N–H and O–H groups in total. The third kappa shape index (κ3) is 2.05. The average molecular weight is 325 g/mol. The van der Waals surface area contributed by atoms with Crippen molar-refractivity contribution < 1.29 is 18.0 Å². The molecule has 118 valence electrons. The number of hydrogen-bond acceptors (Lipinski definition) is 2. The van der Waals surface area contributed by atoms with E-state index in [2.05, 4.69) is 4.98 Å². The molecule has 0 fully saturated rings. The second-order valence-electron chi connectivity index (χ2n) is 5.51. The van der Waals surface area contributed by atoms with E-state index in [9.17, 15) is 18.0 Å². The highest BCUT2D eigenvalue weighted by Crippen LogP contribution is 2.46. The molecule has 0 saturated carbocycles. The van der Waals surface area contributed by atoms with Crippen LogP contribution >= 0.6 is 0 Å². The number of nitrogens with zero attached hydrogens (tertiary/aromatic N) is 1. The van der Waals surface area contributed by atoms with Gasteiger partial charge in [-0.15, -0.1) is 0 Å². The number of carbonyl (C=O) groups excluding carboxylic acids is 1. The molecule has 0 unspecified atom stereocenters. The standard InChI is InChI=1S/C19H10F3NO/c20-19(21,22)17-15(11-6-2-1-3-7-11)16-12-8-4-5-9-14(12)23-10-13(16)18(17)24/h1-10H. The number of para-hydroxylation sites is 1. The van der Waals surface area contributed by atoms with Crippen LogP contribution in [0.15, 0.2) is 66.4 Å². The molecule has 0 atom stereocenters. The summed E-state index contributed by atoms with van der Waals surface area (Å²) in [5, 5.41) is 0.543. The lowest BCUT2D eigenvalue weighted by molar-refractivity contribution is -0.0878. The first kappa shape index (κ1) is 14.6. The maximum atomic E-state index is 13.6. The molecule has 0 aliphatic heterocycles. The van der Waals surface area contributed by atoms with Gasteiger partial charge in [0.1, 0.15) is 5.57 Å². The summed E-state index contributed by atoms with van der Waals surface area (Å²) in [6.07, 6.45) is -3.50. The zero-order valence-electron chi connectivity index (χ0n) is 12.3. The van der Waals surface area contributed by atoms with Gasteiger partial charge in [0, 0.05) is 28.3 Å². The van der Waals surface area contributed by atoms with Crippen LogP contribution in [0.5, 0.6) is 0 Å². The molecule has 0 bridgehead atoms. The zero-order chi connectivity index (χ0) is 16.9. The van der Waals surface area contributed by atoms with E-state index in [-0.39, 0.29) is 11.1 Å². The highest BCUT2D eigenvalue weighted by molar-refractivity contribution is 6.26. The van der Waals surface area contributed by atoms with Crippen LogP contribution in [-0.2, 0) is 0 Å². The summed E-state index contributed by atoms with van der Waals surface area (Å²) in [5.74, 6) is -1.02. The van der Waals surface area contributed by atoms with Gasteiger partial charge in [-0.1, -0.05) is 48.5 Å². The average Bonchev–Trinajstić information content (AvgIpc) is 2.89. The first-order chi connectivity index (χ1) is 11.5. The van der Waals surface area contributed by atoms with Crippen molar-refractivity contribution >= 4 is 22.3 Å². The Morgan fingerprint density at radius 2 is 1.54 bits per heavy atom. The van der Waals surface area contributed by atoms with Crippen molar-refractivity contribution in [1.29, 1.82) is 0 Å². The molecule has 1 aromatic heterocycles. The normalized spacial score (nSPS) is 14.4. The van der Waals surface area contributed by atoms with Gasteiger partial charge in [0.25, 0.3) is 0 Å². The van der Waals surface area contributed by atoms with Crippen molar-refractivity contribution in [2.75, 3.05) is 0 Å². The molecule has 0 radical (unpaired) electrons. The minimum atomic E-state index is -4.73. The van der Waals surface area contributed by atoms with Crippen LogP contribution in [0.25, 0.3) is 16.5 Å². The monoisotopic (exact) mass is 325 g/mol. The smallest absolute Gasteiger partial charge is 0.289 e. The van der Waals surface area contributed by atoms with Crippen molar-refractivity contribution in [3.8, 4) is 0 Å². The molecule has 1 aliphatic rings. The molecule has 0 amide bonds. The van der Waals surface area contributed by atoms with Gasteiger partial charge in [-0.25, -0.2) is 0 Å². The number of alkyl halides is 3. The molecule has 24 heavy (non-hydrogen) atoms. The molecule has 2 aromatic carbocycles. The summed E-state index contributed by atoms with van der Waals surface area (Å²) in [4.78, 5) is 16.6. The Hall–Kier alpha value is -2.95. The second kappa shape index (κ2) is 5.03. The molecule has 5 heteroatoms. The minimum absolute atomic E-state index is 0.000113. The van der Waals surface area contributed by atoms with E-state index < -0.39 is 17.5 Å². The second-order valence-corrected chi connectivity index (χ2v) is 5.51. The van der Waals surface area contributed by atoms with Gasteiger partial charge in [0.2, 0.25) is 5.78 Å². The molecular weight excluding hydrogens is 315 g/mol. The quantitative estimate of drug-likeness (QED) is 0.643.